The van der Waals surface area contributed by atoms with Crippen molar-refractivity contribution in [2.24, 2.45) is 0 Å². The van der Waals surface area contributed by atoms with Crippen molar-refractivity contribution >= 4 is 39.7 Å². The Morgan fingerprint density at radius 2 is 2.07 bits per heavy atom. The Bertz CT molecular complexity index is 1090. The summed E-state index contributed by atoms with van der Waals surface area (Å²) < 4.78 is 2.04. The number of hydrogen-bond donors (Lipinski definition) is 0. The van der Waals surface area contributed by atoms with Gasteiger partial charge >= 0.3 is 0 Å². The molecule has 0 fully saturated rings. The third kappa shape index (κ3) is 3.96. The summed E-state index contributed by atoms with van der Waals surface area (Å²) in [5, 5.41) is 20.7. The number of hydrogen-bond acceptors (Lipinski definition) is 6. The molecule has 1 aliphatic heterocycles. The zero-order valence-corrected chi connectivity index (χ0v) is 16.9. The monoisotopic (exact) mass is 404 g/mol. The number of aryl methyl sites for hydroxylation is 1. The van der Waals surface area contributed by atoms with Gasteiger partial charge in [0, 0.05) is 25.3 Å². The largest absolute Gasteiger partial charge is 0.310 e. The van der Waals surface area contributed by atoms with Gasteiger partial charge in [0.1, 0.15) is 11.9 Å². The number of anilines is 2. The van der Waals surface area contributed by atoms with E-state index in [0.29, 0.717) is 22.2 Å². The van der Waals surface area contributed by atoms with E-state index in [1.807, 2.05) is 40.3 Å². The normalized spacial score (nSPS) is 14.0. The van der Waals surface area contributed by atoms with Gasteiger partial charge in [0.2, 0.25) is 5.91 Å². The summed E-state index contributed by atoms with van der Waals surface area (Å²) in [6.07, 6.45) is 5.91. The SMILES string of the molecule is CC(=O)N(c1ccccc1)c1nc(C=C(C#N)c2nnc3n2CCCCC3)cs1. The molecule has 0 saturated heterocycles. The van der Waals surface area contributed by atoms with Crippen LogP contribution in [0, 0.1) is 11.3 Å². The van der Waals surface area contributed by atoms with Crippen LogP contribution in [0.3, 0.4) is 0 Å². The molecule has 1 aromatic carbocycles. The highest BCUT2D eigenvalue weighted by Gasteiger charge is 2.20. The Kier molecular flexibility index (Phi) is 5.49. The first-order valence-corrected chi connectivity index (χ1v) is 10.4. The number of carbonyl (C=O) groups is 1. The summed E-state index contributed by atoms with van der Waals surface area (Å²) in [7, 11) is 0. The second kappa shape index (κ2) is 8.37. The first-order chi connectivity index (χ1) is 14.2. The molecule has 0 bridgehead atoms. The molecule has 3 heterocycles. The summed E-state index contributed by atoms with van der Waals surface area (Å²) in [6, 6.07) is 11.6. The minimum absolute atomic E-state index is 0.121. The number of nitriles is 1. The summed E-state index contributed by atoms with van der Waals surface area (Å²) in [4.78, 5) is 18.4. The topological polar surface area (TPSA) is 87.7 Å². The summed E-state index contributed by atoms with van der Waals surface area (Å²) in [6.45, 7) is 2.33. The molecule has 8 heteroatoms. The molecule has 4 rings (SSSR count). The van der Waals surface area contributed by atoms with Crippen LogP contribution < -0.4 is 4.90 Å². The molecule has 2 aromatic heterocycles. The van der Waals surface area contributed by atoms with Crippen LogP contribution in [0.4, 0.5) is 10.8 Å². The lowest BCUT2D eigenvalue weighted by Gasteiger charge is -2.17. The number of benzene rings is 1. The van der Waals surface area contributed by atoms with Crippen LogP contribution in [0.5, 0.6) is 0 Å². The number of thiazole rings is 1. The van der Waals surface area contributed by atoms with Gasteiger partial charge in [-0.1, -0.05) is 24.6 Å². The standard InChI is InChI=1S/C21H20N6OS/c1-15(28)27(18-8-4-2-5-9-18)21-23-17(14-29-21)12-16(13-22)20-25-24-19-10-6-3-7-11-26(19)20/h2,4-5,8-9,12,14H,3,6-7,10-11H2,1H3. The smallest absolute Gasteiger partial charge is 0.230 e. The highest BCUT2D eigenvalue weighted by Crippen LogP contribution is 2.30. The Labute approximate surface area is 173 Å². The third-order valence-electron chi connectivity index (χ3n) is 4.79. The Hall–Kier alpha value is -3.31. The number of rotatable bonds is 4. The van der Waals surface area contributed by atoms with Gasteiger partial charge in [-0.3, -0.25) is 9.69 Å². The maximum atomic E-state index is 12.2. The van der Waals surface area contributed by atoms with Crippen LogP contribution in [0.15, 0.2) is 35.7 Å². The summed E-state index contributed by atoms with van der Waals surface area (Å²) >= 11 is 1.36. The molecule has 0 atom stereocenters. The van der Waals surface area contributed by atoms with E-state index in [2.05, 4.69) is 21.3 Å². The van der Waals surface area contributed by atoms with Crippen LogP contribution in [0.1, 0.15) is 43.5 Å². The first kappa shape index (κ1) is 19.0. The van der Waals surface area contributed by atoms with E-state index >= 15 is 0 Å². The number of nitrogens with zero attached hydrogens (tertiary/aromatic N) is 6. The highest BCUT2D eigenvalue weighted by molar-refractivity contribution is 7.14. The van der Waals surface area contributed by atoms with Crippen LogP contribution in [0.2, 0.25) is 0 Å². The van der Waals surface area contributed by atoms with Crippen molar-refractivity contribution in [3.05, 3.63) is 53.1 Å². The fourth-order valence-corrected chi connectivity index (χ4v) is 4.27. The Balaban J connectivity index is 1.67. The van der Waals surface area contributed by atoms with E-state index in [-0.39, 0.29) is 5.91 Å². The van der Waals surface area contributed by atoms with E-state index in [9.17, 15) is 10.1 Å². The van der Waals surface area contributed by atoms with Crippen LogP contribution in [-0.4, -0.2) is 25.7 Å². The molecule has 7 nitrogen and oxygen atoms in total. The number of fused-ring (bicyclic) bond motifs is 1. The molecule has 0 spiro atoms. The lowest BCUT2D eigenvalue weighted by Crippen LogP contribution is -2.22. The molecule has 1 aliphatic rings. The maximum Gasteiger partial charge on any atom is 0.230 e. The second-order valence-corrected chi connectivity index (χ2v) is 7.65. The maximum absolute atomic E-state index is 12.2. The van der Waals surface area contributed by atoms with Crippen molar-refractivity contribution in [3.8, 4) is 6.07 Å². The van der Waals surface area contributed by atoms with Crippen molar-refractivity contribution in [3.63, 3.8) is 0 Å². The molecule has 3 aromatic rings. The minimum Gasteiger partial charge on any atom is -0.310 e. The lowest BCUT2D eigenvalue weighted by atomic mass is 10.2. The zero-order chi connectivity index (χ0) is 20.2. The molecule has 146 valence electrons. The Morgan fingerprint density at radius 3 is 2.83 bits per heavy atom. The van der Waals surface area contributed by atoms with Crippen molar-refractivity contribution in [1.29, 1.82) is 5.26 Å². The number of amides is 1. The van der Waals surface area contributed by atoms with Crippen molar-refractivity contribution in [2.45, 2.75) is 39.2 Å². The van der Waals surface area contributed by atoms with Gasteiger partial charge in [-0.25, -0.2) is 4.98 Å². The van der Waals surface area contributed by atoms with Gasteiger partial charge < -0.3 is 4.57 Å². The second-order valence-electron chi connectivity index (χ2n) is 6.82. The summed E-state index contributed by atoms with van der Waals surface area (Å²) in [5.41, 5.74) is 1.81. The van der Waals surface area contributed by atoms with E-state index < -0.39 is 0 Å². The minimum atomic E-state index is -0.121. The number of carbonyl (C=O) groups excluding carboxylic acids is 1. The highest BCUT2D eigenvalue weighted by atomic mass is 32.1. The first-order valence-electron chi connectivity index (χ1n) is 9.53. The quantitative estimate of drug-likeness (QED) is 0.608. The van der Waals surface area contributed by atoms with Crippen LogP contribution in [0.25, 0.3) is 11.6 Å². The molecule has 0 saturated carbocycles. The van der Waals surface area contributed by atoms with E-state index in [4.69, 9.17) is 0 Å². The molecular formula is C21H20N6OS. The van der Waals surface area contributed by atoms with E-state index in [1.54, 1.807) is 11.0 Å². The van der Waals surface area contributed by atoms with Crippen LogP contribution in [-0.2, 0) is 17.8 Å². The Morgan fingerprint density at radius 1 is 1.24 bits per heavy atom. The fraction of sp³-hybridized carbons (Fsp3) is 0.286. The molecule has 0 radical (unpaired) electrons. The van der Waals surface area contributed by atoms with Crippen LogP contribution >= 0.6 is 11.3 Å². The average Bonchev–Trinajstić information content (AvgIpc) is 3.27. The average molecular weight is 404 g/mol. The van der Waals surface area contributed by atoms with E-state index in [0.717, 1.165) is 43.7 Å². The molecule has 29 heavy (non-hydrogen) atoms. The van der Waals surface area contributed by atoms with Gasteiger partial charge in [-0.2, -0.15) is 5.26 Å². The lowest BCUT2D eigenvalue weighted by molar-refractivity contribution is -0.115. The van der Waals surface area contributed by atoms with Gasteiger partial charge in [-0.15, -0.1) is 21.5 Å². The van der Waals surface area contributed by atoms with Crippen molar-refractivity contribution in [2.75, 3.05) is 4.90 Å². The molecular weight excluding hydrogens is 384 g/mol. The van der Waals surface area contributed by atoms with Crippen molar-refractivity contribution in [1.82, 2.24) is 19.7 Å². The van der Waals surface area contributed by atoms with Gasteiger partial charge in [-0.05, 0) is 31.1 Å². The number of allylic oxidation sites excluding steroid dienone is 1. The molecule has 0 unspecified atom stereocenters. The number of para-hydroxylation sites is 1. The van der Waals surface area contributed by atoms with E-state index in [1.165, 1.54) is 18.3 Å². The van der Waals surface area contributed by atoms with Gasteiger partial charge in [0.25, 0.3) is 0 Å². The predicted molar refractivity (Wildman–Crippen MR) is 112 cm³/mol. The fourth-order valence-electron chi connectivity index (χ4n) is 3.43. The molecule has 1 amide bonds. The molecule has 0 N–H and O–H groups in total. The molecule has 0 aliphatic carbocycles. The zero-order valence-electron chi connectivity index (χ0n) is 16.1. The van der Waals surface area contributed by atoms with Gasteiger partial charge in [0.15, 0.2) is 11.0 Å². The van der Waals surface area contributed by atoms with Gasteiger partial charge in [0.05, 0.1) is 17.0 Å². The van der Waals surface area contributed by atoms with Crippen molar-refractivity contribution < 1.29 is 4.79 Å². The summed E-state index contributed by atoms with van der Waals surface area (Å²) in [5.74, 6) is 1.40. The third-order valence-corrected chi connectivity index (χ3v) is 5.64. The predicted octanol–water partition coefficient (Wildman–Crippen LogP) is 4.21. The number of aromatic nitrogens is 4.